The molecule has 5 nitrogen and oxygen atoms in total. The summed E-state index contributed by atoms with van der Waals surface area (Å²) in [5, 5.41) is 0. The number of carbonyl (C=O) groups is 2. The third-order valence-corrected chi connectivity index (χ3v) is 4.51. The highest BCUT2D eigenvalue weighted by atomic mass is 16.6. The molecule has 0 saturated carbocycles. The molecular weight excluding hydrogens is 344 g/mol. The summed E-state index contributed by atoms with van der Waals surface area (Å²) in [4.78, 5) is 23.9. The molecular formula is C22H22O5. The van der Waals surface area contributed by atoms with Gasteiger partial charge >= 0.3 is 5.97 Å². The van der Waals surface area contributed by atoms with Gasteiger partial charge in [-0.05, 0) is 42.2 Å². The van der Waals surface area contributed by atoms with E-state index in [1.54, 1.807) is 25.1 Å². The Bertz CT molecular complexity index is 907. The number of allylic oxidation sites excluding steroid dienone is 1. The molecule has 0 fully saturated rings. The molecule has 0 saturated heterocycles. The molecule has 0 atom stereocenters. The van der Waals surface area contributed by atoms with Crippen LogP contribution in [-0.4, -0.2) is 25.5 Å². The van der Waals surface area contributed by atoms with Gasteiger partial charge in [0.2, 0.25) is 5.78 Å². The summed E-state index contributed by atoms with van der Waals surface area (Å²) in [5.74, 6) is 1.03. The normalized spacial score (nSPS) is 14.3. The van der Waals surface area contributed by atoms with Crippen molar-refractivity contribution in [2.45, 2.75) is 26.7 Å². The van der Waals surface area contributed by atoms with Gasteiger partial charge in [0.15, 0.2) is 12.4 Å². The molecule has 5 heteroatoms. The minimum atomic E-state index is -0.475. The van der Waals surface area contributed by atoms with E-state index in [-0.39, 0.29) is 18.1 Å². The first kappa shape index (κ1) is 18.7. The van der Waals surface area contributed by atoms with Crippen molar-refractivity contribution in [3.8, 4) is 11.5 Å². The van der Waals surface area contributed by atoms with Crippen molar-refractivity contribution < 1.29 is 23.8 Å². The van der Waals surface area contributed by atoms with Crippen LogP contribution in [0.25, 0.3) is 6.08 Å². The zero-order valence-corrected chi connectivity index (χ0v) is 15.9. The number of methoxy groups -OCH3 is 1. The predicted octanol–water partition coefficient (Wildman–Crippen LogP) is 4.29. The number of Topliss-reactive ketones (excluding diaryl/α,β-unsaturated/α-hetero) is 1. The first-order valence-electron chi connectivity index (χ1n) is 8.78. The summed E-state index contributed by atoms with van der Waals surface area (Å²) in [6, 6.07) is 11.4. The standard InChI is InChI=1S/C22H22O5/c1-13(2)16-7-5-15(6-8-16)11-19-21(24)17-9-10-18(14(3)22(17)27-19)26-12-20(23)25-4/h5-11,13H,12H2,1-4H3/b19-11-. The zero-order chi connectivity index (χ0) is 19.6. The Morgan fingerprint density at radius 3 is 2.48 bits per heavy atom. The van der Waals surface area contributed by atoms with Crippen LogP contribution in [0.4, 0.5) is 0 Å². The van der Waals surface area contributed by atoms with Gasteiger partial charge in [0, 0.05) is 5.56 Å². The second kappa shape index (κ2) is 7.66. The van der Waals surface area contributed by atoms with Crippen LogP contribution in [0.2, 0.25) is 0 Å². The lowest BCUT2D eigenvalue weighted by Gasteiger charge is -2.10. The molecule has 1 heterocycles. The first-order valence-corrected chi connectivity index (χ1v) is 8.78. The summed E-state index contributed by atoms with van der Waals surface area (Å²) >= 11 is 0. The van der Waals surface area contributed by atoms with Crippen LogP contribution >= 0.6 is 0 Å². The Labute approximate surface area is 158 Å². The number of hydrogen-bond donors (Lipinski definition) is 0. The van der Waals surface area contributed by atoms with Crippen LogP contribution in [0.1, 0.15) is 46.8 Å². The number of benzene rings is 2. The van der Waals surface area contributed by atoms with Crippen molar-refractivity contribution >= 4 is 17.8 Å². The molecule has 0 N–H and O–H groups in total. The highest BCUT2D eigenvalue weighted by molar-refractivity contribution is 6.14. The van der Waals surface area contributed by atoms with Crippen molar-refractivity contribution in [1.29, 1.82) is 0 Å². The third-order valence-electron chi connectivity index (χ3n) is 4.51. The lowest BCUT2D eigenvalue weighted by molar-refractivity contribution is -0.142. The second-order valence-corrected chi connectivity index (χ2v) is 6.69. The second-order valence-electron chi connectivity index (χ2n) is 6.69. The Morgan fingerprint density at radius 2 is 1.85 bits per heavy atom. The van der Waals surface area contributed by atoms with E-state index in [0.29, 0.717) is 28.5 Å². The molecule has 1 aliphatic heterocycles. The SMILES string of the molecule is COC(=O)COc1ccc2c(c1C)O/C(=C\c1ccc(C(C)C)cc1)C2=O. The van der Waals surface area contributed by atoms with Gasteiger partial charge < -0.3 is 14.2 Å². The lowest BCUT2D eigenvalue weighted by atomic mass is 10.0. The Kier molecular flexibility index (Phi) is 5.31. The number of carbonyl (C=O) groups excluding carboxylic acids is 2. The van der Waals surface area contributed by atoms with Crippen molar-refractivity contribution in [2.75, 3.05) is 13.7 Å². The highest BCUT2D eigenvalue weighted by Crippen LogP contribution is 2.39. The summed E-state index contributed by atoms with van der Waals surface area (Å²) < 4.78 is 15.8. The molecule has 27 heavy (non-hydrogen) atoms. The van der Waals surface area contributed by atoms with E-state index in [9.17, 15) is 9.59 Å². The van der Waals surface area contributed by atoms with E-state index in [1.807, 2.05) is 24.3 Å². The average molecular weight is 366 g/mol. The van der Waals surface area contributed by atoms with Crippen LogP contribution in [0, 0.1) is 6.92 Å². The van der Waals surface area contributed by atoms with Gasteiger partial charge in [-0.25, -0.2) is 4.79 Å². The van der Waals surface area contributed by atoms with E-state index in [0.717, 1.165) is 5.56 Å². The number of rotatable bonds is 5. The van der Waals surface area contributed by atoms with Gasteiger partial charge in [-0.1, -0.05) is 38.1 Å². The Hall–Kier alpha value is -3.08. The fourth-order valence-corrected chi connectivity index (χ4v) is 2.85. The third kappa shape index (κ3) is 3.87. The van der Waals surface area contributed by atoms with Crippen LogP contribution in [0.15, 0.2) is 42.2 Å². The molecule has 0 spiro atoms. The van der Waals surface area contributed by atoms with E-state index in [4.69, 9.17) is 9.47 Å². The minimum Gasteiger partial charge on any atom is -0.481 e. The minimum absolute atomic E-state index is 0.166. The summed E-state index contributed by atoms with van der Waals surface area (Å²) in [5.41, 5.74) is 3.30. The van der Waals surface area contributed by atoms with Gasteiger partial charge in [0.05, 0.1) is 12.7 Å². The molecule has 0 bridgehead atoms. The Balaban J connectivity index is 1.84. The predicted molar refractivity (Wildman–Crippen MR) is 102 cm³/mol. The molecule has 0 aromatic heterocycles. The molecule has 1 aliphatic rings. The zero-order valence-electron chi connectivity index (χ0n) is 15.9. The topological polar surface area (TPSA) is 61.8 Å². The van der Waals surface area contributed by atoms with Crippen molar-refractivity contribution in [3.63, 3.8) is 0 Å². The first-order chi connectivity index (χ1) is 12.9. The van der Waals surface area contributed by atoms with E-state index < -0.39 is 5.97 Å². The maximum absolute atomic E-state index is 12.6. The summed E-state index contributed by atoms with van der Waals surface area (Å²) in [6.45, 7) is 5.86. The molecule has 3 rings (SSSR count). The lowest BCUT2D eigenvalue weighted by Crippen LogP contribution is -2.13. The van der Waals surface area contributed by atoms with Crippen molar-refractivity contribution in [1.82, 2.24) is 0 Å². The smallest absolute Gasteiger partial charge is 0.343 e. The number of fused-ring (bicyclic) bond motifs is 1. The summed E-state index contributed by atoms with van der Waals surface area (Å²) in [7, 11) is 1.30. The fourth-order valence-electron chi connectivity index (χ4n) is 2.85. The Morgan fingerprint density at radius 1 is 1.15 bits per heavy atom. The summed E-state index contributed by atoms with van der Waals surface area (Å²) in [6.07, 6.45) is 1.74. The molecule has 140 valence electrons. The quantitative estimate of drug-likeness (QED) is 0.584. The van der Waals surface area contributed by atoms with Crippen molar-refractivity contribution in [3.05, 3.63) is 64.4 Å². The van der Waals surface area contributed by atoms with E-state index in [1.165, 1.54) is 12.7 Å². The van der Waals surface area contributed by atoms with Crippen LogP contribution < -0.4 is 9.47 Å². The van der Waals surface area contributed by atoms with Gasteiger partial charge in [-0.2, -0.15) is 0 Å². The van der Waals surface area contributed by atoms with Gasteiger partial charge in [0.25, 0.3) is 0 Å². The maximum Gasteiger partial charge on any atom is 0.343 e. The molecule has 0 aliphatic carbocycles. The number of ketones is 1. The molecule has 2 aromatic carbocycles. The molecule has 2 aromatic rings. The molecule has 0 unspecified atom stereocenters. The highest BCUT2D eigenvalue weighted by Gasteiger charge is 2.30. The van der Waals surface area contributed by atoms with E-state index in [2.05, 4.69) is 18.6 Å². The van der Waals surface area contributed by atoms with Crippen LogP contribution in [0.3, 0.4) is 0 Å². The number of esters is 1. The van der Waals surface area contributed by atoms with Crippen LogP contribution in [-0.2, 0) is 9.53 Å². The number of hydrogen-bond acceptors (Lipinski definition) is 5. The fraction of sp³-hybridized carbons (Fsp3) is 0.273. The molecule has 0 amide bonds. The largest absolute Gasteiger partial charge is 0.481 e. The number of ether oxygens (including phenoxy) is 3. The molecule has 0 radical (unpaired) electrons. The maximum atomic E-state index is 12.6. The van der Waals surface area contributed by atoms with Crippen molar-refractivity contribution in [2.24, 2.45) is 0 Å². The monoisotopic (exact) mass is 366 g/mol. The van der Waals surface area contributed by atoms with E-state index >= 15 is 0 Å². The average Bonchev–Trinajstić information content (AvgIpc) is 2.98. The van der Waals surface area contributed by atoms with Gasteiger partial charge in [-0.3, -0.25) is 4.79 Å². The van der Waals surface area contributed by atoms with Crippen LogP contribution in [0.5, 0.6) is 11.5 Å². The van der Waals surface area contributed by atoms with Gasteiger partial charge in [0.1, 0.15) is 11.5 Å². The van der Waals surface area contributed by atoms with Gasteiger partial charge in [-0.15, -0.1) is 0 Å².